The molecular weight excluding hydrogens is 318 g/mol. The Hall–Kier alpha value is -1.99. The third-order valence-electron chi connectivity index (χ3n) is 4.76. The van der Waals surface area contributed by atoms with E-state index in [9.17, 15) is 4.79 Å². The molecule has 1 unspecified atom stereocenters. The first-order chi connectivity index (χ1) is 12.1. The first-order valence-electron chi connectivity index (χ1n) is 8.90. The number of carbonyl (C=O) groups is 1. The van der Waals surface area contributed by atoms with Gasteiger partial charge in [-0.1, -0.05) is 0 Å². The van der Waals surface area contributed by atoms with Crippen LogP contribution in [0.5, 0.6) is 0 Å². The summed E-state index contributed by atoms with van der Waals surface area (Å²) >= 11 is 0. The highest BCUT2D eigenvalue weighted by Crippen LogP contribution is 2.17. The Bertz CT molecular complexity index is 727. The number of hydrogen-bond acceptors (Lipinski definition) is 5. The molecule has 1 atom stereocenters. The molecule has 0 radical (unpaired) electrons. The van der Waals surface area contributed by atoms with Gasteiger partial charge in [-0.15, -0.1) is 0 Å². The molecule has 1 saturated heterocycles. The number of hydrogen-bond donors (Lipinski definition) is 1. The van der Waals surface area contributed by atoms with E-state index < -0.39 is 0 Å². The fourth-order valence-electron chi connectivity index (χ4n) is 3.26. The van der Waals surface area contributed by atoms with Crippen LogP contribution in [0.3, 0.4) is 0 Å². The number of methoxy groups -OCH3 is 1. The lowest BCUT2D eigenvalue weighted by atomic mass is 10.1. The van der Waals surface area contributed by atoms with Crippen LogP contribution in [0.25, 0.3) is 11.2 Å². The molecule has 3 heterocycles. The van der Waals surface area contributed by atoms with Crippen molar-refractivity contribution in [1.29, 1.82) is 0 Å². The number of imidazole rings is 1. The summed E-state index contributed by atoms with van der Waals surface area (Å²) in [5, 5.41) is 3.04. The first kappa shape index (κ1) is 17.8. The molecule has 0 saturated carbocycles. The lowest BCUT2D eigenvalue weighted by Crippen LogP contribution is -2.31. The maximum atomic E-state index is 12.4. The SMILES string of the molecule is COCCN1CCC(CNC(=O)c2cnc3c(c2)ncn3C(C)C)C1. The summed E-state index contributed by atoms with van der Waals surface area (Å²) in [5.74, 6) is 0.418. The average Bonchev–Trinajstić information content (AvgIpc) is 3.23. The van der Waals surface area contributed by atoms with Gasteiger partial charge in [0.15, 0.2) is 5.65 Å². The van der Waals surface area contributed by atoms with Crippen molar-refractivity contribution in [2.45, 2.75) is 26.3 Å². The molecule has 7 heteroatoms. The van der Waals surface area contributed by atoms with Crippen molar-refractivity contribution < 1.29 is 9.53 Å². The minimum absolute atomic E-state index is 0.0798. The number of rotatable bonds is 7. The van der Waals surface area contributed by atoms with Crippen LogP contribution in [-0.2, 0) is 4.74 Å². The van der Waals surface area contributed by atoms with Gasteiger partial charge in [0.25, 0.3) is 5.91 Å². The summed E-state index contributed by atoms with van der Waals surface area (Å²) in [6.07, 6.45) is 4.52. The van der Waals surface area contributed by atoms with E-state index >= 15 is 0 Å². The van der Waals surface area contributed by atoms with Gasteiger partial charge in [-0.2, -0.15) is 0 Å². The van der Waals surface area contributed by atoms with Crippen molar-refractivity contribution in [3.8, 4) is 0 Å². The number of nitrogens with one attached hydrogen (secondary N) is 1. The molecule has 3 rings (SSSR count). The van der Waals surface area contributed by atoms with Gasteiger partial charge in [0.2, 0.25) is 0 Å². The molecule has 0 spiro atoms. The Morgan fingerprint density at radius 2 is 2.28 bits per heavy atom. The molecule has 7 nitrogen and oxygen atoms in total. The smallest absolute Gasteiger partial charge is 0.252 e. The Balaban J connectivity index is 1.56. The van der Waals surface area contributed by atoms with Gasteiger partial charge in [0.05, 0.1) is 18.5 Å². The summed E-state index contributed by atoms with van der Waals surface area (Å²) in [7, 11) is 1.73. The van der Waals surface area contributed by atoms with Gasteiger partial charge in [-0.3, -0.25) is 4.79 Å². The number of nitrogens with zero attached hydrogens (tertiary/aromatic N) is 4. The molecule has 2 aromatic rings. The second-order valence-electron chi connectivity index (χ2n) is 6.97. The second-order valence-corrected chi connectivity index (χ2v) is 6.97. The van der Waals surface area contributed by atoms with Gasteiger partial charge < -0.3 is 19.5 Å². The molecule has 1 amide bonds. The number of aromatic nitrogens is 3. The topological polar surface area (TPSA) is 72.3 Å². The van der Waals surface area contributed by atoms with Crippen LogP contribution in [-0.4, -0.2) is 65.2 Å². The molecule has 1 aliphatic rings. The summed E-state index contributed by atoms with van der Waals surface area (Å²) in [6, 6.07) is 2.11. The van der Waals surface area contributed by atoms with Gasteiger partial charge in [-0.05, 0) is 38.8 Å². The molecule has 2 aromatic heterocycles. The zero-order valence-electron chi connectivity index (χ0n) is 15.2. The number of fused-ring (bicyclic) bond motifs is 1. The van der Waals surface area contributed by atoms with Crippen molar-refractivity contribution in [2.75, 3.05) is 39.9 Å². The molecule has 25 heavy (non-hydrogen) atoms. The standard InChI is InChI=1S/C18H27N5O2/c1-13(2)23-12-21-16-8-15(10-19-17(16)23)18(24)20-9-14-4-5-22(11-14)6-7-25-3/h8,10,12-14H,4-7,9,11H2,1-3H3,(H,20,24). The average molecular weight is 345 g/mol. The third-order valence-corrected chi connectivity index (χ3v) is 4.76. The summed E-state index contributed by atoms with van der Waals surface area (Å²) in [4.78, 5) is 23.6. The third kappa shape index (κ3) is 4.16. The molecule has 136 valence electrons. The maximum absolute atomic E-state index is 12.4. The highest BCUT2D eigenvalue weighted by atomic mass is 16.5. The van der Waals surface area contributed by atoms with Crippen molar-refractivity contribution in [2.24, 2.45) is 5.92 Å². The Labute approximate surface area is 148 Å². The number of amides is 1. The summed E-state index contributed by atoms with van der Waals surface area (Å²) in [6.45, 7) is 8.67. The first-order valence-corrected chi connectivity index (χ1v) is 8.90. The van der Waals surface area contributed by atoms with Crippen LogP contribution in [0.2, 0.25) is 0 Å². The fourth-order valence-corrected chi connectivity index (χ4v) is 3.26. The van der Waals surface area contributed by atoms with Gasteiger partial charge in [-0.25, -0.2) is 9.97 Å². The van der Waals surface area contributed by atoms with Gasteiger partial charge in [0.1, 0.15) is 5.52 Å². The normalized spacial score (nSPS) is 18.3. The monoisotopic (exact) mass is 345 g/mol. The van der Waals surface area contributed by atoms with Crippen LogP contribution in [0.15, 0.2) is 18.6 Å². The number of ether oxygens (including phenoxy) is 1. The van der Waals surface area contributed by atoms with E-state index in [4.69, 9.17) is 4.74 Å². The lowest BCUT2D eigenvalue weighted by Gasteiger charge is -2.15. The van der Waals surface area contributed by atoms with Crippen molar-refractivity contribution in [3.63, 3.8) is 0 Å². The predicted molar refractivity (Wildman–Crippen MR) is 96.7 cm³/mol. The number of carbonyl (C=O) groups excluding carboxylic acids is 1. The Kier molecular flexibility index (Phi) is 5.65. The zero-order valence-corrected chi connectivity index (χ0v) is 15.2. The van der Waals surface area contributed by atoms with Gasteiger partial charge in [0, 0.05) is 39.0 Å². The van der Waals surface area contributed by atoms with Crippen LogP contribution in [0, 0.1) is 5.92 Å². The van der Waals surface area contributed by atoms with Crippen molar-refractivity contribution in [3.05, 3.63) is 24.2 Å². The van der Waals surface area contributed by atoms with E-state index in [1.54, 1.807) is 19.6 Å². The highest BCUT2D eigenvalue weighted by molar-refractivity contribution is 5.96. The minimum atomic E-state index is -0.0798. The van der Waals surface area contributed by atoms with E-state index in [0.717, 1.165) is 43.8 Å². The number of pyridine rings is 1. The van der Waals surface area contributed by atoms with E-state index in [1.807, 2.05) is 10.6 Å². The van der Waals surface area contributed by atoms with E-state index in [1.165, 1.54) is 0 Å². The quantitative estimate of drug-likeness (QED) is 0.827. The summed E-state index contributed by atoms with van der Waals surface area (Å²) in [5.41, 5.74) is 2.14. The molecular formula is C18H27N5O2. The predicted octanol–water partition coefficient (Wildman–Crippen LogP) is 1.71. The molecule has 1 fully saturated rings. The van der Waals surface area contributed by atoms with Gasteiger partial charge >= 0.3 is 0 Å². The Morgan fingerprint density at radius 3 is 3.04 bits per heavy atom. The van der Waals surface area contributed by atoms with Crippen molar-refractivity contribution in [1.82, 2.24) is 24.8 Å². The lowest BCUT2D eigenvalue weighted by molar-refractivity contribution is 0.0946. The summed E-state index contributed by atoms with van der Waals surface area (Å²) < 4.78 is 7.12. The van der Waals surface area contributed by atoms with Crippen LogP contribution in [0.1, 0.15) is 36.7 Å². The maximum Gasteiger partial charge on any atom is 0.252 e. The van der Waals surface area contributed by atoms with Crippen LogP contribution < -0.4 is 5.32 Å². The Morgan fingerprint density at radius 1 is 1.44 bits per heavy atom. The molecule has 0 aromatic carbocycles. The molecule has 0 aliphatic carbocycles. The molecule has 1 aliphatic heterocycles. The van der Waals surface area contributed by atoms with E-state index in [2.05, 4.69) is 34.0 Å². The largest absolute Gasteiger partial charge is 0.383 e. The zero-order chi connectivity index (χ0) is 17.8. The van der Waals surface area contributed by atoms with Crippen molar-refractivity contribution >= 4 is 17.1 Å². The fraction of sp³-hybridized carbons (Fsp3) is 0.611. The second kappa shape index (κ2) is 7.93. The van der Waals surface area contributed by atoms with Crippen LogP contribution >= 0.6 is 0 Å². The molecule has 1 N–H and O–H groups in total. The van der Waals surface area contributed by atoms with Crippen LogP contribution in [0.4, 0.5) is 0 Å². The highest BCUT2D eigenvalue weighted by Gasteiger charge is 2.22. The number of likely N-dealkylation sites (tertiary alicyclic amines) is 1. The van der Waals surface area contributed by atoms with E-state index in [0.29, 0.717) is 24.1 Å². The molecule has 0 bridgehead atoms. The minimum Gasteiger partial charge on any atom is -0.383 e. The van der Waals surface area contributed by atoms with E-state index in [-0.39, 0.29) is 5.91 Å².